The highest BCUT2D eigenvalue weighted by atomic mass is 16.3. The van der Waals surface area contributed by atoms with Crippen molar-refractivity contribution >= 4 is 0 Å². The van der Waals surface area contributed by atoms with Gasteiger partial charge in [0.15, 0.2) is 0 Å². The van der Waals surface area contributed by atoms with Crippen molar-refractivity contribution in [2.24, 2.45) is 0 Å². The van der Waals surface area contributed by atoms with Crippen LogP contribution in [0.5, 0.6) is 0 Å². The number of allylic oxidation sites excluding steroid dienone is 1. The van der Waals surface area contributed by atoms with Crippen LogP contribution in [0.3, 0.4) is 0 Å². The van der Waals surface area contributed by atoms with Crippen LogP contribution in [0.2, 0.25) is 0 Å². The van der Waals surface area contributed by atoms with Crippen molar-refractivity contribution in [2.75, 3.05) is 0 Å². The van der Waals surface area contributed by atoms with Gasteiger partial charge in [-0.25, -0.2) is 0 Å². The zero-order chi connectivity index (χ0) is 12.3. The summed E-state index contributed by atoms with van der Waals surface area (Å²) in [4.78, 5) is 0. The van der Waals surface area contributed by atoms with Crippen molar-refractivity contribution < 1.29 is 5.11 Å². The smallest absolute Gasteiger partial charge is 0.0830 e. The summed E-state index contributed by atoms with van der Waals surface area (Å²) in [6.07, 6.45) is 5.98. The largest absolute Gasteiger partial charge is 0.386 e. The van der Waals surface area contributed by atoms with Gasteiger partial charge in [-0.05, 0) is 51.0 Å². The normalized spacial score (nSPS) is 28.8. The van der Waals surface area contributed by atoms with Gasteiger partial charge in [-0.15, -0.1) is 0 Å². The first-order valence-corrected chi connectivity index (χ1v) is 6.52. The van der Waals surface area contributed by atoms with Crippen LogP contribution in [0.25, 0.3) is 0 Å². The Morgan fingerprint density at radius 1 is 1.18 bits per heavy atom. The van der Waals surface area contributed by atoms with E-state index < -0.39 is 5.60 Å². The molecule has 1 aromatic carbocycles. The molecule has 1 saturated carbocycles. The average Bonchev–Trinajstić information content (AvgIpc) is 2.29. The van der Waals surface area contributed by atoms with Crippen LogP contribution in [0, 0.1) is 0 Å². The van der Waals surface area contributed by atoms with Crippen molar-refractivity contribution in [3.63, 3.8) is 0 Å². The molecule has 0 amide bonds. The highest BCUT2D eigenvalue weighted by Gasteiger charge is 2.31. The van der Waals surface area contributed by atoms with E-state index in [1.165, 1.54) is 11.1 Å². The molecule has 1 N–H and O–H groups in total. The van der Waals surface area contributed by atoms with Crippen LogP contribution in [0.4, 0.5) is 0 Å². The summed E-state index contributed by atoms with van der Waals surface area (Å²) in [5.74, 6) is 0.627. The Labute approximate surface area is 104 Å². The number of hydrogen-bond donors (Lipinski definition) is 1. The molecule has 1 aromatic rings. The molecular weight excluding hydrogens is 208 g/mol. The van der Waals surface area contributed by atoms with Gasteiger partial charge < -0.3 is 5.11 Å². The standard InChI is InChI=1S/C16H22O/c1-13(2)12-16(17)10-8-15(9-11-16)14-6-4-3-5-7-14/h3-7,12,15,17H,8-11H2,1-2H3. The van der Waals surface area contributed by atoms with E-state index in [-0.39, 0.29) is 0 Å². The number of hydrogen-bond acceptors (Lipinski definition) is 1. The summed E-state index contributed by atoms with van der Waals surface area (Å²) in [6, 6.07) is 10.7. The maximum Gasteiger partial charge on any atom is 0.0830 e. The minimum atomic E-state index is -0.551. The minimum absolute atomic E-state index is 0.551. The fourth-order valence-electron chi connectivity index (χ4n) is 2.86. The van der Waals surface area contributed by atoms with E-state index in [1.807, 2.05) is 6.08 Å². The lowest BCUT2D eigenvalue weighted by Gasteiger charge is -2.34. The van der Waals surface area contributed by atoms with Crippen LogP contribution in [0.15, 0.2) is 42.0 Å². The molecular formula is C16H22O. The fourth-order valence-corrected chi connectivity index (χ4v) is 2.86. The molecule has 0 atom stereocenters. The molecule has 92 valence electrons. The molecule has 1 nitrogen and oxygen atoms in total. The van der Waals surface area contributed by atoms with E-state index in [1.54, 1.807) is 0 Å². The second kappa shape index (κ2) is 5.05. The summed E-state index contributed by atoms with van der Waals surface area (Å²) in [5.41, 5.74) is 2.09. The lowest BCUT2D eigenvalue weighted by Crippen LogP contribution is -2.31. The SMILES string of the molecule is CC(C)=CC1(O)CCC(c2ccccc2)CC1. The highest BCUT2D eigenvalue weighted by Crippen LogP contribution is 2.38. The van der Waals surface area contributed by atoms with Crippen LogP contribution < -0.4 is 0 Å². The molecule has 0 aliphatic heterocycles. The molecule has 0 bridgehead atoms. The second-order valence-electron chi connectivity index (χ2n) is 5.51. The highest BCUT2D eigenvalue weighted by molar-refractivity contribution is 5.21. The molecule has 2 rings (SSSR count). The summed E-state index contributed by atoms with van der Waals surface area (Å²) < 4.78 is 0. The molecule has 0 spiro atoms. The van der Waals surface area contributed by atoms with Crippen LogP contribution in [0.1, 0.15) is 51.0 Å². The Morgan fingerprint density at radius 2 is 1.76 bits per heavy atom. The molecule has 17 heavy (non-hydrogen) atoms. The van der Waals surface area contributed by atoms with Crippen molar-refractivity contribution in [3.05, 3.63) is 47.5 Å². The monoisotopic (exact) mass is 230 g/mol. The Morgan fingerprint density at radius 3 is 2.29 bits per heavy atom. The van der Waals surface area contributed by atoms with E-state index in [0.29, 0.717) is 5.92 Å². The molecule has 1 aliphatic carbocycles. The van der Waals surface area contributed by atoms with Gasteiger partial charge in [-0.1, -0.05) is 42.0 Å². The Balaban J connectivity index is 2.01. The predicted octanol–water partition coefficient (Wildman–Crippen LogP) is 4.04. The maximum absolute atomic E-state index is 10.4. The topological polar surface area (TPSA) is 20.2 Å². The van der Waals surface area contributed by atoms with Gasteiger partial charge >= 0.3 is 0 Å². The van der Waals surface area contributed by atoms with E-state index in [9.17, 15) is 5.11 Å². The zero-order valence-corrected chi connectivity index (χ0v) is 10.8. The van der Waals surface area contributed by atoms with Crippen LogP contribution >= 0.6 is 0 Å². The maximum atomic E-state index is 10.4. The van der Waals surface area contributed by atoms with E-state index in [4.69, 9.17) is 0 Å². The average molecular weight is 230 g/mol. The van der Waals surface area contributed by atoms with Crippen LogP contribution in [-0.2, 0) is 0 Å². The lowest BCUT2D eigenvalue weighted by molar-refractivity contribution is 0.0447. The first-order valence-electron chi connectivity index (χ1n) is 6.52. The number of aliphatic hydroxyl groups is 1. The third kappa shape index (κ3) is 3.19. The number of rotatable bonds is 2. The van der Waals surface area contributed by atoms with E-state index in [0.717, 1.165) is 25.7 Å². The third-order valence-electron chi connectivity index (χ3n) is 3.68. The van der Waals surface area contributed by atoms with Crippen molar-refractivity contribution in [1.82, 2.24) is 0 Å². The molecule has 1 heteroatoms. The van der Waals surface area contributed by atoms with Gasteiger partial charge in [0.05, 0.1) is 5.60 Å². The van der Waals surface area contributed by atoms with E-state index in [2.05, 4.69) is 44.2 Å². The fraction of sp³-hybridized carbons (Fsp3) is 0.500. The van der Waals surface area contributed by atoms with Crippen molar-refractivity contribution in [1.29, 1.82) is 0 Å². The third-order valence-corrected chi connectivity index (χ3v) is 3.68. The first kappa shape index (κ1) is 12.4. The molecule has 1 fully saturated rings. The Hall–Kier alpha value is -1.08. The molecule has 0 heterocycles. The van der Waals surface area contributed by atoms with Gasteiger partial charge in [0.2, 0.25) is 0 Å². The first-order chi connectivity index (χ1) is 8.09. The summed E-state index contributed by atoms with van der Waals surface area (Å²) in [7, 11) is 0. The van der Waals surface area contributed by atoms with E-state index >= 15 is 0 Å². The summed E-state index contributed by atoms with van der Waals surface area (Å²) >= 11 is 0. The summed E-state index contributed by atoms with van der Waals surface area (Å²) in [5, 5.41) is 10.4. The quantitative estimate of drug-likeness (QED) is 0.760. The zero-order valence-electron chi connectivity index (χ0n) is 10.8. The Bertz CT molecular complexity index is 379. The minimum Gasteiger partial charge on any atom is -0.386 e. The van der Waals surface area contributed by atoms with Gasteiger partial charge in [0.1, 0.15) is 0 Å². The van der Waals surface area contributed by atoms with Crippen molar-refractivity contribution in [3.8, 4) is 0 Å². The molecule has 0 radical (unpaired) electrons. The molecule has 0 saturated heterocycles. The van der Waals surface area contributed by atoms with Gasteiger partial charge in [-0.3, -0.25) is 0 Å². The van der Waals surface area contributed by atoms with Gasteiger partial charge in [-0.2, -0.15) is 0 Å². The summed E-state index contributed by atoms with van der Waals surface area (Å²) in [6.45, 7) is 4.11. The van der Waals surface area contributed by atoms with Crippen molar-refractivity contribution in [2.45, 2.75) is 51.0 Å². The molecule has 0 aromatic heterocycles. The lowest BCUT2D eigenvalue weighted by atomic mass is 9.75. The van der Waals surface area contributed by atoms with Crippen LogP contribution in [-0.4, -0.2) is 10.7 Å². The molecule has 0 unspecified atom stereocenters. The number of benzene rings is 1. The second-order valence-corrected chi connectivity index (χ2v) is 5.51. The predicted molar refractivity (Wildman–Crippen MR) is 72.0 cm³/mol. The van der Waals surface area contributed by atoms with Gasteiger partial charge in [0.25, 0.3) is 0 Å². The Kier molecular flexibility index (Phi) is 3.68. The molecule has 1 aliphatic rings. The van der Waals surface area contributed by atoms with Gasteiger partial charge in [0, 0.05) is 0 Å².